The monoisotopic (exact) mass is 473 g/mol. The fourth-order valence-corrected chi connectivity index (χ4v) is 3.62. The molecule has 10 heteroatoms. The van der Waals surface area contributed by atoms with E-state index >= 15 is 0 Å². The van der Waals surface area contributed by atoms with E-state index in [-0.39, 0.29) is 61.3 Å². The zero-order chi connectivity index (χ0) is 23.8. The maximum Gasteiger partial charge on any atom is 1.00 e. The number of nitrogens with zero attached hydrogens (tertiary/aromatic N) is 2. The Morgan fingerprint density at radius 3 is 2.36 bits per heavy atom. The summed E-state index contributed by atoms with van der Waals surface area (Å²) in [4.78, 5) is 23.5. The second-order valence-corrected chi connectivity index (χ2v) is 8.19. The number of aliphatic carboxylic acids is 1. The molecule has 0 radical (unpaired) electrons. The molecule has 0 aliphatic rings. The summed E-state index contributed by atoms with van der Waals surface area (Å²) >= 11 is 0. The second kappa shape index (κ2) is 13.8. The molecule has 4 N–H and O–H groups in total. The molecular formula is C23H33FN3NaO5. The van der Waals surface area contributed by atoms with Crippen molar-refractivity contribution in [2.75, 3.05) is 6.54 Å². The predicted molar refractivity (Wildman–Crippen MR) is 119 cm³/mol. The number of rotatable bonds is 12. The van der Waals surface area contributed by atoms with Crippen LogP contribution in [0, 0.1) is 5.82 Å². The van der Waals surface area contributed by atoms with Crippen molar-refractivity contribution in [3.05, 3.63) is 47.0 Å². The van der Waals surface area contributed by atoms with Crippen LogP contribution in [0.15, 0.2) is 24.3 Å². The first-order valence-corrected chi connectivity index (χ1v) is 10.9. The number of aliphatic hydroxyl groups is 2. The number of amides is 1. The van der Waals surface area contributed by atoms with E-state index in [0.29, 0.717) is 24.3 Å². The van der Waals surface area contributed by atoms with Gasteiger partial charge in [0.25, 0.3) is 5.91 Å². The van der Waals surface area contributed by atoms with Crippen LogP contribution < -0.4 is 34.9 Å². The SMILES string of the molecule is CCCNC(=O)c1nn(-c2ccc(F)cc2)c(CC[C@@H](O)C[C@@H](O)CC(=O)O)c1C(C)C.[H-].[Na+]. The smallest absolute Gasteiger partial charge is 1.00 e. The minimum Gasteiger partial charge on any atom is -1.00 e. The van der Waals surface area contributed by atoms with Crippen LogP contribution in [0.3, 0.4) is 0 Å². The van der Waals surface area contributed by atoms with E-state index in [1.54, 1.807) is 16.8 Å². The molecule has 0 saturated heterocycles. The van der Waals surface area contributed by atoms with Gasteiger partial charge in [-0.25, -0.2) is 9.07 Å². The number of aliphatic hydroxyl groups excluding tert-OH is 2. The minimum atomic E-state index is -1.15. The van der Waals surface area contributed by atoms with Crippen molar-refractivity contribution in [1.82, 2.24) is 15.1 Å². The fraction of sp³-hybridized carbons (Fsp3) is 0.522. The topological polar surface area (TPSA) is 125 Å². The number of carboxylic acid groups (broad SMARTS) is 1. The summed E-state index contributed by atoms with van der Waals surface area (Å²) in [5.74, 6) is -1.87. The summed E-state index contributed by atoms with van der Waals surface area (Å²) < 4.78 is 15.0. The number of carboxylic acids is 1. The molecule has 0 fully saturated rings. The molecule has 0 saturated carbocycles. The van der Waals surface area contributed by atoms with E-state index in [1.807, 2.05) is 20.8 Å². The summed E-state index contributed by atoms with van der Waals surface area (Å²) in [6.07, 6.45) is -1.25. The summed E-state index contributed by atoms with van der Waals surface area (Å²) in [5, 5.41) is 36.3. The van der Waals surface area contributed by atoms with E-state index in [0.717, 1.165) is 12.0 Å². The number of nitrogens with one attached hydrogen (secondary N) is 1. The van der Waals surface area contributed by atoms with Gasteiger partial charge in [-0.15, -0.1) is 0 Å². The van der Waals surface area contributed by atoms with Crippen molar-refractivity contribution in [2.45, 2.75) is 71.0 Å². The Morgan fingerprint density at radius 1 is 1.18 bits per heavy atom. The molecule has 0 spiro atoms. The number of aromatic nitrogens is 2. The molecule has 1 aromatic carbocycles. The van der Waals surface area contributed by atoms with Crippen molar-refractivity contribution >= 4 is 11.9 Å². The van der Waals surface area contributed by atoms with Gasteiger partial charge >= 0.3 is 35.5 Å². The van der Waals surface area contributed by atoms with Crippen LogP contribution in [-0.2, 0) is 11.2 Å². The molecule has 8 nitrogen and oxygen atoms in total. The van der Waals surface area contributed by atoms with E-state index in [4.69, 9.17) is 5.11 Å². The largest absolute Gasteiger partial charge is 1.00 e. The van der Waals surface area contributed by atoms with E-state index in [1.165, 1.54) is 12.1 Å². The average Bonchev–Trinajstić information content (AvgIpc) is 3.10. The van der Waals surface area contributed by atoms with E-state index in [2.05, 4.69) is 10.4 Å². The minimum absolute atomic E-state index is 0. The van der Waals surface area contributed by atoms with Crippen molar-refractivity contribution in [1.29, 1.82) is 0 Å². The molecule has 0 unspecified atom stereocenters. The van der Waals surface area contributed by atoms with E-state index < -0.39 is 30.4 Å². The molecule has 178 valence electrons. The summed E-state index contributed by atoms with van der Waals surface area (Å²) in [6.45, 7) is 6.35. The van der Waals surface area contributed by atoms with Crippen LogP contribution in [0.1, 0.15) is 75.5 Å². The van der Waals surface area contributed by atoms with Gasteiger partial charge in [0.2, 0.25) is 0 Å². The first-order chi connectivity index (χ1) is 15.1. The number of carbonyl (C=O) groups excluding carboxylic acids is 1. The van der Waals surface area contributed by atoms with Gasteiger partial charge in [-0.2, -0.15) is 5.10 Å². The molecule has 0 bridgehead atoms. The van der Waals surface area contributed by atoms with Crippen LogP contribution in [-0.4, -0.2) is 55.7 Å². The average molecular weight is 474 g/mol. The van der Waals surface area contributed by atoms with Gasteiger partial charge < -0.3 is 22.1 Å². The van der Waals surface area contributed by atoms with Crippen LogP contribution >= 0.6 is 0 Å². The Labute approximate surface area is 217 Å². The molecule has 1 amide bonds. The normalized spacial score (nSPS) is 12.8. The predicted octanol–water partition coefficient (Wildman–Crippen LogP) is -0.0897. The van der Waals surface area contributed by atoms with Gasteiger partial charge in [0.15, 0.2) is 5.69 Å². The van der Waals surface area contributed by atoms with Gasteiger partial charge in [-0.1, -0.05) is 20.8 Å². The Morgan fingerprint density at radius 2 is 1.82 bits per heavy atom. The number of carbonyl (C=O) groups is 2. The second-order valence-electron chi connectivity index (χ2n) is 8.19. The van der Waals surface area contributed by atoms with Gasteiger partial charge in [-0.05, 0) is 55.9 Å². The maximum absolute atomic E-state index is 13.5. The molecular weight excluding hydrogens is 440 g/mol. The third-order valence-electron chi connectivity index (χ3n) is 5.09. The molecule has 1 heterocycles. The first kappa shape index (κ1) is 29.3. The molecule has 0 aliphatic heterocycles. The molecule has 0 aliphatic carbocycles. The van der Waals surface area contributed by atoms with Crippen LogP contribution in [0.2, 0.25) is 0 Å². The molecule has 1 aromatic heterocycles. The number of halogens is 1. The Balaban J connectivity index is 0.00000544. The first-order valence-electron chi connectivity index (χ1n) is 10.9. The molecule has 2 atom stereocenters. The molecule has 33 heavy (non-hydrogen) atoms. The van der Waals surface area contributed by atoms with Crippen molar-refractivity contribution < 1.29 is 60.3 Å². The molecule has 2 rings (SSSR count). The van der Waals surface area contributed by atoms with Crippen molar-refractivity contribution in [3.8, 4) is 5.69 Å². The summed E-state index contributed by atoms with van der Waals surface area (Å²) in [5.41, 5.74) is 2.31. The van der Waals surface area contributed by atoms with Gasteiger partial charge in [-0.3, -0.25) is 9.59 Å². The third-order valence-corrected chi connectivity index (χ3v) is 5.09. The standard InChI is InChI=1S/C23H32FN3O5.Na.H/c1-4-11-25-23(32)22-21(14(2)3)19(10-9-17(28)12-18(29)13-20(30)31)27(26-22)16-7-5-15(24)6-8-16;;/h5-8,14,17-18,28-29H,4,9-13H2,1-3H3,(H,25,32)(H,30,31);;/q;+1;-1/t17-,18-;;/m1../s1. The number of hydrogen-bond acceptors (Lipinski definition) is 5. The number of hydrogen-bond donors (Lipinski definition) is 4. The van der Waals surface area contributed by atoms with Crippen LogP contribution in [0.4, 0.5) is 4.39 Å². The van der Waals surface area contributed by atoms with Gasteiger partial charge in [0, 0.05) is 17.8 Å². The molecule has 2 aromatic rings. The Kier molecular flexibility index (Phi) is 12.2. The summed E-state index contributed by atoms with van der Waals surface area (Å²) in [7, 11) is 0. The Bertz CT molecular complexity index is 924. The van der Waals surface area contributed by atoms with Crippen LogP contribution in [0.25, 0.3) is 5.69 Å². The van der Waals surface area contributed by atoms with Crippen molar-refractivity contribution in [2.24, 2.45) is 0 Å². The quantitative estimate of drug-likeness (QED) is 0.320. The summed E-state index contributed by atoms with van der Waals surface area (Å²) in [6, 6.07) is 5.75. The van der Waals surface area contributed by atoms with E-state index in [9.17, 15) is 24.2 Å². The number of benzene rings is 1. The zero-order valence-corrected chi connectivity index (χ0v) is 21.7. The fourth-order valence-electron chi connectivity index (χ4n) is 3.62. The third kappa shape index (κ3) is 8.50. The van der Waals surface area contributed by atoms with Gasteiger partial charge in [0.1, 0.15) is 5.82 Å². The van der Waals surface area contributed by atoms with Crippen molar-refractivity contribution in [3.63, 3.8) is 0 Å². The van der Waals surface area contributed by atoms with Crippen LogP contribution in [0.5, 0.6) is 0 Å². The zero-order valence-electron chi connectivity index (χ0n) is 20.7. The van der Waals surface area contributed by atoms with Gasteiger partial charge in [0.05, 0.1) is 24.3 Å². The Hall–Kier alpha value is -1.78. The maximum atomic E-state index is 13.5.